The van der Waals surface area contributed by atoms with Crippen LogP contribution < -0.4 is 14.8 Å². The van der Waals surface area contributed by atoms with Crippen LogP contribution in [-0.4, -0.2) is 24.6 Å². The standard InChI is InChI=1S/C17H19BrN2O3/c1-22-17-8-7-13(12-20-17)11-19-16(21)6-3-9-23-15-5-2-4-14(18)10-15/h2,4-5,7-8,10,12H,3,6,9,11H2,1H3,(H,19,21). The third-order valence-electron chi connectivity index (χ3n) is 3.11. The summed E-state index contributed by atoms with van der Waals surface area (Å²) < 4.78 is 11.6. The normalized spacial score (nSPS) is 10.2. The van der Waals surface area contributed by atoms with Crippen molar-refractivity contribution in [3.05, 3.63) is 52.6 Å². The van der Waals surface area contributed by atoms with Gasteiger partial charge in [0.05, 0.1) is 13.7 Å². The van der Waals surface area contributed by atoms with E-state index in [2.05, 4.69) is 26.2 Å². The highest BCUT2D eigenvalue weighted by atomic mass is 79.9. The fourth-order valence-corrected chi connectivity index (χ4v) is 2.28. The van der Waals surface area contributed by atoms with Gasteiger partial charge in [-0.1, -0.05) is 28.1 Å². The highest BCUT2D eigenvalue weighted by molar-refractivity contribution is 9.10. The number of hydrogen-bond acceptors (Lipinski definition) is 4. The Labute approximate surface area is 144 Å². The Balaban J connectivity index is 1.63. The maximum atomic E-state index is 11.8. The van der Waals surface area contributed by atoms with Crippen LogP contribution in [0.1, 0.15) is 18.4 Å². The Morgan fingerprint density at radius 3 is 2.87 bits per heavy atom. The van der Waals surface area contributed by atoms with Gasteiger partial charge in [0.1, 0.15) is 5.75 Å². The number of pyridine rings is 1. The van der Waals surface area contributed by atoms with Gasteiger partial charge >= 0.3 is 0 Å². The lowest BCUT2D eigenvalue weighted by atomic mass is 10.2. The van der Waals surface area contributed by atoms with Gasteiger partial charge in [-0.25, -0.2) is 4.98 Å². The Kier molecular flexibility index (Phi) is 6.87. The molecular formula is C17H19BrN2O3. The molecule has 23 heavy (non-hydrogen) atoms. The van der Waals surface area contributed by atoms with Crippen molar-refractivity contribution in [2.45, 2.75) is 19.4 Å². The number of halogens is 1. The summed E-state index contributed by atoms with van der Waals surface area (Å²) in [5, 5.41) is 2.86. The molecule has 0 aliphatic heterocycles. The van der Waals surface area contributed by atoms with E-state index in [4.69, 9.17) is 9.47 Å². The lowest BCUT2D eigenvalue weighted by Crippen LogP contribution is -2.23. The monoisotopic (exact) mass is 378 g/mol. The van der Waals surface area contributed by atoms with Crippen LogP contribution in [0.5, 0.6) is 11.6 Å². The van der Waals surface area contributed by atoms with Crippen LogP contribution in [0, 0.1) is 0 Å². The summed E-state index contributed by atoms with van der Waals surface area (Å²) in [6, 6.07) is 11.3. The van der Waals surface area contributed by atoms with Crippen LogP contribution in [0.15, 0.2) is 47.1 Å². The molecule has 5 nitrogen and oxygen atoms in total. The van der Waals surface area contributed by atoms with Crippen molar-refractivity contribution >= 4 is 21.8 Å². The average molecular weight is 379 g/mol. The van der Waals surface area contributed by atoms with Crippen LogP contribution in [0.2, 0.25) is 0 Å². The summed E-state index contributed by atoms with van der Waals surface area (Å²) >= 11 is 3.39. The molecule has 2 rings (SSSR count). The Bertz CT molecular complexity index is 632. The van der Waals surface area contributed by atoms with Crippen LogP contribution in [-0.2, 0) is 11.3 Å². The molecule has 0 unspecified atom stereocenters. The quantitative estimate of drug-likeness (QED) is 0.715. The first-order valence-corrected chi connectivity index (χ1v) is 8.10. The van der Waals surface area contributed by atoms with Crippen LogP contribution in [0.3, 0.4) is 0 Å². The lowest BCUT2D eigenvalue weighted by Gasteiger charge is -2.07. The van der Waals surface area contributed by atoms with E-state index < -0.39 is 0 Å². The largest absolute Gasteiger partial charge is 0.494 e. The number of nitrogens with one attached hydrogen (secondary N) is 1. The Morgan fingerprint density at radius 1 is 1.30 bits per heavy atom. The molecule has 0 saturated heterocycles. The number of methoxy groups -OCH3 is 1. The number of ether oxygens (including phenoxy) is 2. The molecule has 1 heterocycles. The van der Waals surface area contributed by atoms with Gasteiger partial charge in [-0.15, -0.1) is 0 Å². The number of aromatic nitrogens is 1. The molecule has 122 valence electrons. The molecule has 0 aliphatic rings. The summed E-state index contributed by atoms with van der Waals surface area (Å²) in [7, 11) is 1.57. The van der Waals surface area contributed by atoms with Crippen LogP contribution in [0.4, 0.5) is 0 Å². The number of carbonyl (C=O) groups excluding carboxylic acids is 1. The van der Waals surface area contributed by atoms with Gasteiger partial charge in [0, 0.05) is 29.7 Å². The number of rotatable bonds is 8. The molecule has 0 fully saturated rings. The van der Waals surface area contributed by atoms with Crippen molar-refractivity contribution in [2.24, 2.45) is 0 Å². The van der Waals surface area contributed by atoms with E-state index in [0.29, 0.717) is 31.9 Å². The fraction of sp³-hybridized carbons (Fsp3) is 0.294. The first kappa shape index (κ1) is 17.3. The number of nitrogens with zero attached hydrogens (tertiary/aromatic N) is 1. The van der Waals surface area contributed by atoms with Gasteiger partial charge in [-0.3, -0.25) is 4.79 Å². The third-order valence-corrected chi connectivity index (χ3v) is 3.60. The lowest BCUT2D eigenvalue weighted by molar-refractivity contribution is -0.121. The Morgan fingerprint density at radius 2 is 2.17 bits per heavy atom. The van der Waals surface area contributed by atoms with Crippen LogP contribution in [0.25, 0.3) is 0 Å². The molecule has 0 spiro atoms. The maximum Gasteiger partial charge on any atom is 0.220 e. The second-order valence-electron chi connectivity index (χ2n) is 4.89. The van der Waals surface area contributed by atoms with Crippen molar-refractivity contribution in [2.75, 3.05) is 13.7 Å². The predicted octanol–water partition coefficient (Wildman–Crippen LogP) is 3.33. The molecule has 2 aromatic rings. The molecule has 0 atom stereocenters. The van der Waals surface area contributed by atoms with Gasteiger partial charge in [0.25, 0.3) is 0 Å². The smallest absolute Gasteiger partial charge is 0.220 e. The number of carbonyl (C=O) groups is 1. The first-order chi connectivity index (χ1) is 11.2. The van der Waals surface area contributed by atoms with Gasteiger partial charge in [0.2, 0.25) is 11.8 Å². The minimum Gasteiger partial charge on any atom is -0.494 e. The van der Waals surface area contributed by atoms with E-state index in [1.54, 1.807) is 19.4 Å². The van der Waals surface area contributed by atoms with Crippen molar-refractivity contribution in [1.82, 2.24) is 10.3 Å². The number of benzene rings is 1. The zero-order chi connectivity index (χ0) is 16.5. The van der Waals surface area contributed by atoms with E-state index in [9.17, 15) is 4.79 Å². The third kappa shape index (κ3) is 6.28. The van der Waals surface area contributed by atoms with E-state index >= 15 is 0 Å². The topological polar surface area (TPSA) is 60.5 Å². The van der Waals surface area contributed by atoms with Gasteiger partial charge in [0.15, 0.2) is 0 Å². The summed E-state index contributed by atoms with van der Waals surface area (Å²) in [4.78, 5) is 15.9. The van der Waals surface area contributed by atoms with Crippen molar-refractivity contribution in [1.29, 1.82) is 0 Å². The minimum atomic E-state index is -0.00124. The number of hydrogen-bond donors (Lipinski definition) is 1. The molecule has 0 aliphatic carbocycles. The van der Waals surface area contributed by atoms with Crippen LogP contribution >= 0.6 is 15.9 Å². The first-order valence-electron chi connectivity index (χ1n) is 7.31. The van der Waals surface area contributed by atoms with E-state index in [-0.39, 0.29) is 5.91 Å². The molecule has 0 bridgehead atoms. The summed E-state index contributed by atoms with van der Waals surface area (Å²) in [6.07, 6.45) is 2.78. The summed E-state index contributed by atoms with van der Waals surface area (Å²) in [5.74, 6) is 1.35. The van der Waals surface area contributed by atoms with Gasteiger partial charge < -0.3 is 14.8 Å². The van der Waals surface area contributed by atoms with Crippen molar-refractivity contribution < 1.29 is 14.3 Å². The minimum absolute atomic E-state index is 0.00124. The average Bonchev–Trinajstić information content (AvgIpc) is 2.57. The fourth-order valence-electron chi connectivity index (χ4n) is 1.90. The summed E-state index contributed by atoms with van der Waals surface area (Å²) in [6.45, 7) is 0.969. The van der Waals surface area contributed by atoms with E-state index in [1.165, 1.54) is 0 Å². The van der Waals surface area contributed by atoms with Gasteiger partial charge in [-0.2, -0.15) is 0 Å². The molecule has 0 radical (unpaired) electrons. The molecule has 1 amide bonds. The van der Waals surface area contributed by atoms with E-state index in [0.717, 1.165) is 15.8 Å². The Hall–Kier alpha value is -2.08. The second kappa shape index (κ2) is 9.15. The second-order valence-corrected chi connectivity index (χ2v) is 5.81. The SMILES string of the molecule is COc1ccc(CNC(=O)CCCOc2cccc(Br)c2)cn1. The van der Waals surface area contributed by atoms with Gasteiger partial charge in [-0.05, 0) is 30.2 Å². The molecule has 6 heteroatoms. The zero-order valence-electron chi connectivity index (χ0n) is 12.9. The molecule has 1 aromatic carbocycles. The summed E-state index contributed by atoms with van der Waals surface area (Å²) in [5.41, 5.74) is 0.935. The molecule has 1 aromatic heterocycles. The molecular weight excluding hydrogens is 360 g/mol. The van der Waals surface area contributed by atoms with E-state index in [1.807, 2.05) is 30.3 Å². The van der Waals surface area contributed by atoms with Crippen molar-refractivity contribution in [3.63, 3.8) is 0 Å². The number of amides is 1. The molecule has 0 saturated carbocycles. The highest BCUT2D eigenvalue weighted by Gasteiger charge is 2.03. The highest BCUT2D eigenvalue weighted by Crippen LogP contribution is 2.17. The predicted molar refractivity (Wildman–Crippen MR) is 91.5 cm³/mol. The zero-order valence-corrected chi connectivity index (χ0v) is 14.5. The molecule has 1 N–H and O–H groups in total. The maximum absolute atomic E-state index is 11.8. The van der Waals surface area contributed by atoms with Crippen molar-refractivity contribution in [3.8, 4) is 11.6 Å².